The Kier molecular flexibility index (Phi) is 3.67. The predicted molar refractivity (Wildman–Crippen MR) is 47.2 cm³/mol. The molecule has 0 atom stereocenters. The summed E-state index contributed by atoms with van der Waals surface area (Å²) in [7, 11) is -3.83. The number of nitrogens with zero attached hydrogens (tertiary/aromatic N) is 1. The highest BCUT2D eigenvalue weighted by atomic mass is 32.2. The minimum absolute atomic E-state index is 0.326. The molecule has 0 saturated carbocycles. The highest BCUT2D eigenvalue weighted by Crippen LogP contribution is 1.95. The van der Waals surface area contributed by atoms with Crippen LogP contribution in [-0.2, 0) is 19.9 Å². The Morgan fingerprint density at radius 1 is 1.00 bits per heavy atom. The van der Waals surface area contributed by atoms with Gasteiger partial charge < -0.3 is 0 Å². The van der Waals surface area contributed by atoms with Crippen molar-refractivity contribution in [2.75, 3.05) is 31.9 Å². The van der Waals surface area contributed by atoms with Gasteiger partial charge in [0.15, 0.2) is 0 Å². The van der Waals surface area contributed by atoms with Crippen molar-refractivity contribution >= 4 is 19.9 Å². The maximum Gasteiger partial charge on any atom is 0.214 e. The molecule has 0 aromatic rings. The third-order valence-electron chi connectivity index (χ3n) is 1.27. The Morgan fingerprint density at radius 3 is 1.67 bits per heavy atom. The van der Waals surface area contributed by atoms with Crippen LogP contribution in [0.25, 0.3) is 0 Å². The van der Waals surface area contributed by atoms with Crippen LogP contribution in [0.5, 0.6) is 0 Å². The summed E-state index contributed by atoms with van der Waals surface area (Å²) in [5.41, 5.74) is 0. The fraction of sp³-hybridized carbons (Fsp3) is 1.00. The van der Waals surface area contributed by atoms with Gasteiger partial charge in [0.05, 0.1) is 11.5 Å². The summed E-state index contributed by atoms with van der Waals surface area (Å²) in [4.78, 5) is 0. The van der Waals surface area contributed by atoms with Crippen LogP contribution in [0.15, 0.2) is 0 Å². The Bertz CT molecular complexity index is 326. The highest BCUT2D eigenvalue weighted by Gasteiger charge is 2.16. The Balaban J connectivity index is 4.32. The van der Waals surface area contributed by atoms with E-state index in [-0.39, 0.29) is 11.5 Å². The van der Waals surface area contributed by atoms with Crippen LogP contribution in [0.1, 0.15) is 0 Å². The Hall–Kier alpha value is -0.140. The van der Waals surface area contributed by atoms with Crippen molar-refractivity contribution in [3.05, 3.63) is 0 Å². The number of hydrogen-bond acceptors (Lipinski definition) is 4. The predicted octanol–water partition coefficient (Wildman–Crippen LogP) is -1.08. The molecule has 0 spiro atoms. The first kappa shape index (κ1) is 11.9. The van der Waals surface area contributed by atoms with Crippen LogP contribution in [0, 0.1) is 0 Å². The van der Waals surface area contributed by atoms with Crippen molar-refractivity contribution in [3.63, 3.8) is 0 Å². The van der Waals surface area contributed by atoms with E-state index in [4.69, 9.17) is 0 Å². The Labute approximate surface area is 73.3 Å². The van der Waals surface area contributed by atoms with E-state index in [0.29, 0.717) is 0 Å². The maximum atomic E-state index is 11.0. The molecule has 0 aliphatic rings. The van der Waals surface area contributed by atoms with E-state index in [1.54, 1.807) is 0 Å². The zero-order chi connectivity index (χ0) is 9.99. The highest BCUT2D eigenvalue weighted by molar-refractivity contribution is 7.93. The first-order chi connectivity index (χ1) is 5.15. The topological polar surface area (TPSA) is 71.5 Å². The minimum atomic E-state index is -3.38. The molecule has 0 N–H and O–H groups in total. The minimum Gasteiger partial charge on any atom is -0.229 e. The van der Waals surface area contributed by atoms with Gasteiger partial charge in [-0.2, -0.15) is 0 Å². The second kappa shape index (κ2) is 3.71. The van der Waals surface area contributed by atoms with Gasteiger partial charge >= 0.3 is 0 Å². The van der Waals surface area contributed by atoms with Crippen molar-refractivity contribution in [1.82, 2.24) is 4.31 Å². The van der Waals surface area contributed by atoms with E-state index in [0.717, 1.165) is 10.6 Å². The van der Waals surface area contributed by atoms with E-state index in [9.17, 15) is 16.8 Å². The largest absolute Gasteiger partial charge is 0.229 e. The third kappa shape index (κ3) is 4.68. The molecule has 5 nitrogen and oxygen atoms in total. The molecule has 0 unspecified atom stereocenters. The van der Waals surface area contributed by atoms with E-state index in [2.05, 4.69) is 0 Å². The Morgan fingerprint density at radius 2 is 1.42 bits per heavy atom. The molecule has 0 amide bonds. The second-order valence-corrected chi connectivity index (χ2v) is 7.29. The summed E-state index contributed by atoms with van der Waals surface area (Å²) in [6, 6.07) is 0. The molecule has 12 heavy (non-hydrogen) atoms. The van der Waals surface area contributed by atoms with Crippen LogP contribution in [0.2, 0.25) is 0 Å². The van der Waals surface area contributed by atoms with Gasteiger partial charge in [-0.1, -0.05) is 0 Å². The molecule has 0 rings (SSSR count). The number of hydrogen-bond donors (Lipinski definition) is 0. The number of rotatable bonds is 4. The first-order valence-electron chi connectivity index (χ1n) is 3.23. The van der Waals surface area contributed by atoms with Gasteiger partial charge in [-0.15, -0.1) is 0 Å². The van der Waals surface area contributed by atoms with Crippen LogP contribution in [0.3, 0.4) is 0 Å². The van der Waals surface area contributed by atoms with Crippen molar-refractivity contribution in [3.8, 4) is 0 Å². The third-order valence-corrected chi connectivity index (χ3v) is 4.31. The van der Waals surface area contributed by atoms with Crippen LogP contribution < -0.4 is 0 Å². The molecule has 0 aliphatic heterocycles. The van der Waals surface area contributed by atoms with Crippen molar-refractivity contribution in [2.45, 2.75) is 0 Å². The molecule has 0 saturated heterocycles. The zero-order valence-electron chi connectivity index (χ0n) is 7.31. The molecule has 0 bridgehead atoms. The fourth-order valence-electron chi connectivity index (χ4n) is 0.439. The SMILES string of the molecule is CN(C)S(=O)(=O)CCS(C)(=O)=O. The van der Waals surface area contributed by atoms with Gasteiger partial charge in [-0.3, -0.25) is 0 Å². The number of sulfone groups is 1. The van der Waals surface area contributed by atoms with Gasteiger partial charge in [-0.25, -0.2) is 21.1 Å². The summed E-state index contributed by atoms with van der Waals surface area (Å²) in [6.45, 7) is 0. The lowest BCUT2D eigenvalue weighted by atomic mass is 11.0. The summed E-state index contributed by atoms with van der Waals surface area (Å²) >= 11 is 0. The zero-order valence-corrected chi connectivity index (χ0v) is 8.94. The smallest absolute Gasteiger partial charge is 0.214 e. The van der Waals surface area contributed by atoms with Gasteiger partial charge in [0.25, 0.3) is 0 Å². The molecule has 0 aliphatic carbocycles. The van der Waals surface area contributed by atoms with E-state index >= 15 is 0 Å². The summed E-state index contributed by atoms with van der Waals surface area (Å²) < 4.78 is 44.3. The van der Waals surface area contributed by atoms with Crippen molar-refractivity contribution in [1.29, 1.82) is 0 Å². The standard InChI is InChI=1S/C5H13NO4S2/c1-6(2)12(9,10)5-4-11(3,7)8/h4-5H2,1-3H3. The summed E-state index contributed by atoms with van der Waals surface area (Å²) in [6.07, 6.45) is 1.01. The lowest BCUT2D eigenvalue weighted by Crippen LogP contribution is -2.28. The molecule has 74 valence electrons. The van der Waals surface area contributed by atoms with Crippen molar-refractivity contribution in [2.24, 2.45) is 0 Å². The van der Waals surface area contributed by atoms with Crippen LogP contribution in [0.4, 0.5) is 0 Å². The molecular weight excluding hydrogens is 202 g/mol. The molecule has 0 fully saturated rings. The number of sulfonamides is 1. The summed E-state index contributed by atoms with van der Waals surface area (Å²) in [5, 5.41) is 0. The lowest BCUT2D eigenvalue weighted by Gasteiger charge is -2.09. The molecular formula is C5H13NO4S2. The first-order valence-corrected chi connectivity index (χ1v) is 6.90. The average Bonchev–Trinajstić information content (AvgIpc) is 1.82. The molecule has 0 aromatic carbocycles. The van der Waals surface area contributed by atoms with E-state index in [1.165, 1.54) is 14.1 Å². The molecule has 7 heteroatoms. The maximum absolute atomic E-state index is 11.0. The van der Waals surface area contributed by atoms with Crippen LogP contribution in [-0.4, -0.2) is 53.0 Å². The molecule has 0 heterocycles. The monoisotopic (exact) mass is 215 g/mol. The normalized spacial score (nSPS) is 13.7. The van der Waals surface area contributed by atoms with Gasteiger partial charge in [0.1, 0.15) is 9.84 Å². The average molecular weight is 215 g/mol. The lowest BCUT2D eigenvalue weighted by molar-refractivity contribution is 0.521. The van der Waals surface area contributed by atoms with Gasteiger partial charge in [0.2, 0.25) is 10.0 Å². The van der Waals surface area contributed by atoms with E-state index < -0.39 is 19.9 Å². The van der Waals surface area contributed by atoms with Gasteiger partial charge in [-0.05, 0) is 0 Å². The molecule has 0 radical (unpaired) electrons. The fourth-order valence-corrected chi connectivity index (χ4v) is 2.86. The summed E-state index contributed by atoms with van der Waals surface area (Å²) in [5.74, 6) is -0.674. The second-order valence-electron chi connectivity index (χ2n) is 2.73. The quantitative estimate of drug-likeness (QED) is 0.598. The molecule has 0 aromatic heterocycles. The van der Waals surface area contributed by atoms with E-state index in [1.807, 2.05) is 0 Å². The van der Waals surface area contributed by atoms with Gasteiger partial charge in [0, 0.05) is 20.4 Å². The van der Waals surface area contributed by atoms with Crippen molar-refractivity contribution < 1.29 is 16.8 Å². The van der Waals surface area contributed by atoms with Crippen LogP contribution >= 0.6 is 0 Å².